The van der Waals surface area contributed by atoms with Crippen LogP contribution in [0.4, 0.5) is 0 Å². The third kappa shape index (κ3) is 3.22. The second kappa shape index (κ2) is 5.87. The summed E-state index contributed by atoms with van der Waals surface area (Å²) in [7, 11) is 1.70. The molecule has 1 atom stereocenters. The van der Waals surface area contributed by atoms with Crippen LogP contribution < -0.4 is 10.1 Å². The second-order valence-corrected chi connectivity index (χ2v) is 4.12. The first-order chi connectivity index (χ1) is 7.88. The van der Waals surface area contributed by atoms with Crippen molar-refractivity contribution in [3.63, 3.8) is 0 Å². The van der Waals surface area contributed by atoms with Crippen LogP contribution in [0.2, 0.25) is 0 Å². The molecule has 1 N–H and O–H groups in total. The van der Waals surface area contributed by atoms with E-state index in [9.17, 15) is 0 Å². The highest BCUT2D eigenvalue weighted by molar-refractivity contribution is 5.28. The molecule has 1 aromatic carbocycles. The van der Waals surface area contributed by atoms with Gasteiger partial charge in [0.15, 0.2) is 0 Å². The van der Waals surface area contributed by atoms with Gasteiger partial charge in [0.05, 0.1) is 20.3 Å². The van der Waals surface area contributed by atoms with Crippen LogP contribution in [0, 0.1) is 0 Å². The Labute approximate surface area is 96.8 Å². The highest BCUT2D eigenvalue weighted by atomic mass is 16.5. The van der Waals surface area contributed by atoms with Crippen molar-refractivity contribution in [2.24, 2.45) is 0 Å². The molecule has 0 bridgehead atoms. The first kappa shape index (κ1) is 11.4. The summed E-state index contributed by atoms with van der Waals surface area (Å²) < 4.78 is 10.6. The van der Waals surface area contributed by atoms with Crippen LogP contribution in [0.1, 0.15) is 12.0 Å². The van der Waals surface area contributed by atoms with E-state index in [1.165, 1.54) is 5.56 Å². The van der Waals surface area contributed by atoms with E-state index in [4.69, 9.17) is 9.47 Å². The molecule has 0 saturated carbocycles. The summed E-state index contributed by atoms with van der Waals surface area (Å²) in [6, 6.07) is 8.76. The molecule has 1 aromatic rings. The Bertz CT molecular complexity index is 321. The summed E-state index contributed by atoms with van der Waals surface area (Å²) in [5.74, 6) is 0.936. The van der Waals surface area contributed by atoms with Gasteiger partial charge < -0.3 is 14.8 Å². The van der Waals surface area contributed by atoms with E-state index in [1.807, 2.05) is 12.1 Å². The number of aryl methyl sites for hydroxylation is 1. The highest BCUT2D eigenvalue weighted by Gasteiger charge is 2.12. The van der Waals surface area contributed by atoms with Gasteiger partial charge in [-0.3, -0.25) is 0 Å². The van der Waals surface area contributed by atoms with Crippen molar-refractivity contribution < 1.29 is 9.47 Å². The third-order valence-corrected chi connectivity index (χ3v) is 2.91. The summed E-state index contributed by atoms with van der Waals surface area (Å²) in [5.41, 5.74) is 1.33. The predicted molar refractivity (Wildman–Crippen MR) is 63.9 cm³/mol. The lowest BCUT2D eigenvalue weighted by Crippen LogP contribution is -2.41. The highest BCUT2D eigenvalue weighted by Crippen LogP contribution is 2.14. The number of methoxy groups -OCH3 is 1. The van der Waals surface area contributed by atoms with Gasteiger partial charge in [-0.2, -0.15) is 0 Å². The molecule has 1 fully saturated rings. The number of benzene rings is 1. The van der Waals surface area contributed by atoms with Gasteiger partial charge in [0.2, 0.25) is 0 Å². The van der Waals surface area contributed by atoms with E-state index >= 15 is 0 Å². The third-order valence-electron chi connectivity index (χ3n) is 2.91. The van der Waals surface area contributed by atoms with E-state index in [-0.39, 0.29) is 0 Å². The Hall–Kier alpha value is -1.06. The van der Waals surface area contributed by atoms with Gasteiger partial charge in [0.1, 0.15) is 5.75 Å². The lowest BCUT2D eigenvalue weighted by molar-refractivity contribution is 0.0743. The Kier molecular flexibility index (Phi) is 4.19. The maximum absolute atomic E-state index is 5.43. The molecule has 0 radical (unpaired) electrons. The number of nitrogens with one attached hydrogen (secondary N) is 1. The van der Waals surface area contributed by atoms with Crippen molar-refractivity contribution in [1.29, 1.82) is 0 Å². The lowest BCUT2D eigenvalue weighted by Gasteiger charge is -2.23. The van der Waals surface area contributed by atoms with Gasteiger partial charge in [-0.15, -0.1) is 0 Å². The van der Waals surface area contributed by atoms with Gasteiger partial charge in [-0.1, -0.05) is 12.1 Å². The van der Waals surface area contributed by atoms with Crippen LogP contribution in [-0.2, 0) is 11.2 Å². The average molecular weight is 221 g/mol. The number of ether oxygens (including phenoxy) is 2. The molecule has 1 aliphatic heterocycles. The van der Waals surface area contributed by atoms with Crippen LogP contribution in [-0.4, -0.2) is 32.9 Å². The number of rotatable bonds is 4. The Morgan fingerprint density at radius 3 is 3.19 bits per heavy atom. The van der Waals surface area contributed by atoms with E-state index < -0.39 is 0 Å². The number of hydrogen-bond acceptors (Lipinski definition) is 3. The normalized spacial score (nSPS) is 20.7. The van der Waals surface area contributed by atoms with Crippen molar-refractivity contribution in [1.82, 2.24) is 5.32 Å². The minimum absolute atomic E-state index is 0.500. The fourth-order valence-corrected chi connectivity index (χ4v) is 1.97. The SMILES string of the molecule is COc1cccc(CCC2COCCN2)c1. The molecule has 16 heavy (non-hydrogen) atoms. The monoisotopic (exact) mass is 221 g/mol. The minimum atomic E-state index is 0.500. The Balaban J connectivity index is 1.83. The average Bonchev–Trinajstić information content (AvgIpc) is 2.38. The Morgan fingerprint density at radius 1 is 1.50 bits per heavy atom. The Morgan fingerprint density at radius 2 is 2.44 bits per heavy atom. The number of morpholine rings is 1. The molecule has 1 saturated heterocycles. The van der Waals surface area contributed by atoms with Gasteiger partial charge in [0, 0.05) is 12.6 Å². The van der Waals surface area contributed by atoms with Gasteiger partial charge in [0.25, 0.3) is 0 Å². The van der Waals surface area contributed by atoms with Crippen molar-refractivity contribution in [2.45, 2.75) is 18.9 Å². The molecule has 1 unspecified atom stereocenters. The summed E-state index contributed by atoms with van der Waals surface area (Å²) in [6.45, 7) is 2.66. The van der Waals surface area contributed by atoms with Crippen molar-refractivity contribution in [3.05, 3.63) is 29.8 Å². The first-order valence-corrected chi connectivity index (χ1v) is 5.82. The molecule has 0 amide bonds. The maximum Gasteiger partial charge on any atom is 0.119 e. The molecule has 0 spiro atoms. The number of hydrogen-bond donors (Lipinski definition) is 1. The molecular weight excluding hydrogens is 202 g/mol. The molecule has 3 heteroatoms. The molecule has 1 heterocycles. The zero-order chi connectivity index (χ0) is 11.2. The molecular formula is C13H19NO2. The minimum Gasteiger partial charge on any atom is -0.497 e. The predicted octanol–water partition coefficient (Wildman–Crippen LogP) is 1.62. The molecule has 3 nitrogen and oxygen atoms in total. The topological polar surface area (TPSA) is 30.5 Å². The van der Waals surface area contributed by atoms with Crippen molar-refractivity contribution in [3.8, 4) is 5.75 Å². The largest absolute Gasteiger partial charge is 0.497 e. The van der Waals surface area contributed by atoms with E-state index in [1.54, 1.807) is 7.11 Å². The summed E-state index contributed by atoms with van der Waals surface area (Å²) in [4.78, 5) is 0. The van der Waals surface area contributed by atoms with Crippen molar-refractivity contribution in [2.75, 3.05) is 26.9 Å². The molecule has 1 aliphatic rings. The van der Waals surface area contributed by atoms with Crippen LogP contribution in [0.5, 0.6) is 5.75 Å². The fourth-order valence-electron chi connectivity index (χ4n) is 1.97. The van der Waals surface area contributed by atoms with Gasteiger partial charge >= 0.3 is 0 Å². The van der Waals surface area contributed by atoms with Gasteiger partial charge in [-0.05, 0) is 30.5 Å². The summed E-state index contributed by atoms with van der Waals surface area (Å²) >= 11 is 0. The quantitative estimate of drug-likeness (QED) is 0.838. The maximum atomic E-state index is 5.43. The molecule has 0 aliphatic carbocycles. The molecule has 0 aromatic heterocycles. The van der Waals surface area contributed by atoms with Crippen molar-refractivity contribution >= 4 is 0 Å². The van der Waals surface area contributed by atoms with E-state index in [0.717, 1.165) is 38.3 Å². The fraction of sp³-hybridized carbons (Fsp3) is 0.538. The van der Waals surface area contributed by atoms with Gasteiger partial charge in [-0.25, -0.2) is 0 Å². The standard InChI is InChI=1S/C13H19NO2/c1-15-13-4-2-3-11(9-13)5-6-12-10-16-8-7-14-12/h2-4,9,12,14H,5-8,10H2,1H3. The smallest absolute Gasteiger partial charge is 0.119 e. The molecule has 88 valence electrons. The van der Waals surface area contributed by atoms with Crippen LogP contribution in [0.3, 0.4) is 0 Å². The summed E-state index contributed by atoms with van der Waals surface area (Å²) in [6.07, 6.45) is 2.19. The van der Waals surface area contributed by atoms with E-state index in [2.05, 4.69) is 17.4 Å². The molecule has 2 rings (SSSR count). The zero-order valence-corrected chi connectivity index (χ0v) is 9.74. The summed E-state index contributed by atoms with van der Waals surface area (Å²) in [5, 5.41) is 3.46. The van der Waals surface area contributed by atoms with Crippen LogP contribution >= 0.6 is 0 Å². The second-order valence-electron chi connectivity index (χ2n) is 4.12. The first-order valence-electron chi connectivity index (χ1n) is 5.82. The zero-order valence-electron chi connectivity index (χ0n) is 9.74. The van der Waals surface area contributed by atoms with Crippen LogP contribution in [0.15, 0.2) is 24.3 Å². The lowest BCUT2D eigenvalue weighted by atomic mass is 10.0. The van der Waals surface area contributed by atoms with Crippen LogP contribution in [0.25, 0.3) is 0 Å². The van der Waals surface area contributed by atoms with E-state index in [0.29, 0.717) is 6.04 Å².